The molecular weight excluding hydrogens is 290 g/mol. The van der Waals surface area contributed by atoms with Crippen LogP contribution in [-0.2, 0) is 0 Å². The molecule has 0 radical (unpaired) electrons. The number of carbonyl (C=O) groups is 1. The number of ether oxygens (including phenoxy) is 2. The molecule has 0 fully saturated rings. The zero-order valence-corrected chi connectivity index (χ0v) is 13.1. The summed E-state index contributed by atoms with van der Waals surface area (Å²) in [7, 11) is 3.13. The van der Waals surface area contributed by atoms with Gasteiger partial charge < -0.3 is 14.8 Å². The molecule has 2 N–H and O–H groups in total. The van der Waals surface area contributed by atoms with Gasteiger partial charge in [-0.05, 0) is 25.5 Å². The van der Waals surface area contributed by atoms with Crippen molar-refractivity contribution in [3.63, 3.8) is 0 Å². The van der Waals surface area contributed by atoms with Crippen LogP contribution in [-0.4, -0.2) is 25.2 Å². The van der Waals surface area contributed by atoms with E-state index < -0.39 is 0 Å². The number of nitrogens with one attached hydrogen (secondary N) is 2. The number of urea groups is 1. The van der Waals surface area contributed by atoms with Crippen LogP contribution in [0.1, 0.15) is 10.4 Å². The number of nitrogens with zero attached hydrogens (tertiary/aromatic N) is 1. The summed E-state index contributed by atoms with van der Waals surface area (Å²) in [5.41, 5.74) is 1.47. The van der Waals surface area contributed by atoms with Gasteiger partial charge >= 0.3 is 6.03 Å². The Hall–Kier alpha value is -2.28. The van der Waals surface area contributed by atoms with Crippen molar-refractivity contribution < 1.29 is 14.3 Å². The Bertz CT molecular complexity index is 655. The standard InChI is InChI=1S/C14H17N3O3S/c1-8-5-10(12(20-4)6-11(8)19-3)16-13(18)17-14-15-7-9(2)21-14/h5-7H,1-4H3,(H2,15,16,17,18). The lowest BCUT2D eigenvalue weighted by Crippen LogP contribution is -2.19. The number of benzene rings is 1. The molecule has 1 aromatic heterocycles. The van der Waals surface area contributed by atoms with Crippen LogP contribution in [0, 0.1) is 13.8 Å². The lowest BCUT2D eigenvalue weighted by Gasteiger charge is -2.13. The van der Waals surface area contributed by atoms with E-state index >= 15 is 0 Å². The van der Waals surface area contributed by atoms with E-state index in [-0.39, 0.29) is 6.03 Å². The molecule has 0 aliphatic heterocycles. The summed E-state index contributed by atoms with van der Waals surface area (Å²) in [4.78, 5) is 17.1. The second-order valence-corrected chi connectivity index (χ2v) is 5.61. The smallest absolute Gasteiger partial charge is 0.325 e. The first kappa shape index (κ1) is 15.1. The van der Waals surface area contributed by atoms with E-state index in [1.165, 1.54) is 18.4 Å². The fraction of sp³-hybridized carbons (Fsp3) is 0.286. The van der Waals surface area contributed by atoms with Gasteiger partial charge in [-0.3, -0.25) is 5.32 Å². The molecule has 0 spiro atoms. The molecule has 6 nitrogen and oxygen atoms in total. The molecule has 0 saturated heterocycles. The van der Waals surface area contributed by atoms with E-state index in [2.05, 4.69) is 15.6 Å². The number of anilines is 2. The second kappa shape index (κ2) is 6.45. The molecule has 2 amide bonds. The van der Waals surface area contributed by atoms with Crippen molar-refractivity contribution in [2.75, 3.05) is 24.9 Å². The van der Waals surface area contributed by atoms with Crippen molar-refractivity contribution in [1.29, 1.82) is 0 Å². The fourth-order valence-corrected chi connectivity index (χ4v) is 2.48. The molecule has 112 valence electrons. The largest absolute Gasteiger partial charge is 0.496 e. The summed E-state index contributed by atoms with van der Waals surface area (Å²) in [5.74, 6) is 1.23. The SMILES string of the molecule is COc1cc(OC)c(NC(=O)Nc2ncc(C)s2)cc1C. The Kier molecular flexibility index (Phi) is 4.64. The van der Waals surface area contributed by atoms with E-state index in [0.717, 1.165) is 10.4 Å². The molecule has 2 aromatic rings. The fourth-order valence-electron chi connectivity index (χ4n) is 1.82. The van der Waals surface area contributed by atoms with Crippen LogP contribution in [0.3, 0.4) is 0 Å². The van der Waals surface area contributed by atoms with Crippen LogP contribution < -0.4 is 20.1 Å². The highest BCUT2D eigenvalue weighted by Crippen LogP contribution is 2.32. The van der Waals surface area contributed by atoms with Gasteiger partial charge in [0, 0.05) is 17.1 Å². The Morgan fingerprint density at radius 1 is 1.14 bits per heavy atom. The number of hydrogen-bond acceptors (Lipinski definition) is 5. The molecule has 0 aliphatic carbocycles. The molecular formula is C14H17N3O3S. The third-order valence-corrected chi connectivity index (χ3v) is 3.64. The van der Waals surface area contributed by atoms with Crippen LogP contribution in [0.4, 0.5) is 15.6 Å². The van der Waals surface area contributed by atoms with Gasteiger partial charge in [0.2, 0.25) is 0 Å². The molecule has 2 rings (SSSR count). The second-order valence-electron chi connectivity index (χ2n) is 4.38. The van der Waals surface area contributed by atoms with E-state index in [9.17, 15) is 4.79 Å². The van der Waals surface area contributed by atoms with Crippen LogP contribution in [0.15, 0.2) is 18.3 Å². The third kappa shape index (κ3) is 3.63. The summed E-state index contributed by atoms with van der Waals surface area (Å²) in [5, 5.41) is 5.98. The van der Waals surface area contributed by atoms with E-state index in [4.69, 9.17) is 9.47 Å². The molecule has 0 unspecified atom stereocenters. The molecule has 0 atom stereocenters. The van der Waals surface area contributed by atoms with Gasteiger partial charge in [-0.15, -0.1) is 11.3 Å². The maximum absolute atomic E-state index is 12.0. The zero-order chi connectivity index (χ0) is 15.4. The van der Waals surface area contributed by atoms with Crippen molar-refractivity contribution in [3.05, 3.63) is 28.8 Å². The van der Waals surface area contributed by atoms with Gasteiger partial charge in [-0.1, -0.05) is 0 Å². The highest BCUT2D eigenvalue weighted by molar-refractivity contribution is 7.15. The molecule has 0 bridgehead atoms. The van der Waals surface area contributed by atoms with Gasteiger partial charge in [0.25, 0.3) is 0 Å². The lowest BCUT2D eigenvalue weighted by atomic mass is 10.2. The minimum Gasteiger partial charge on any atom is -0.496 e. The minimum atomic E-state index is -0.368. The van der Waals surface area contributed by atoms with Crippen LogP contribution in [0.25, 0.3) is 0 Å². The number of hydrogen-bond donors (Lipinski definition) is 2. The predicted molar refractivity (Wildman–Crippen MR) is 83.8 cm³/mol. The van der Waals surface area contributed by atoms with E-state index in [1.807, 2.05) is 13.8 Å². The van der Waals surface area contributed by atoms with Crippen molar-refractivity contribution in [2.24, 2.45) is 0 Å². The number of carbonyl (C=O) groups excluding carboxylic acids is 1. The van der Waals surface area contributed by atoms with Gasteiger partial charge in [-0.2, -0.15) is 0 Å². The van der Waals surface area contributed by atoms with Crippen molar-refractivity contribution in [2.45, 2.75) is 13.8 Å². The Morgan fingerprint density at radius 3 is 2.43 bits per heavy atom. The van der Waals surface area contributed by atoms with Gasteiger partial charge in [0.15, 0.2) is 5.13 Å². The van der Waals surface area contributed by atoms with Crippen molar-refractivity contribution >= 4 is 28.2 Å². The first-order valence-corrected chi connectivity index (χ1v) is 7.08. The molecule has 1 heterocycles. The third-order valence-electron chi connectivity index (χ3n) is 2.81. The monoisotopic (exact) mass is 307 g/mol. The number of rotatable bonds is 4. The maximum atomic E-state index is 12.0. The average Bonchev–Trinajstić information content (AvgIpc) is 2.84. The lowest BCUT2D eigenvalue weighted by molar-refractivity contribution is 0.262. The summed E-state index contributed by atoms with van der Waals surface area (Å²) >= 11 is 1.41. The number of thiazole rings is 1. The number of aromatic nitrogens is 1. The Morgan fingerprint density at radius 2 is 1.86 bits per heavy atom. The van der Waals surface area contributed by atoms with Crippen LogP contribution in [0.5, 0.6) is 11.5 Å². The zero-order valence-electron chi connectivity index (χ0n) is 12.3. The Labute approximate surface area is 127 Å². The summed E-state index contributed by atoms with van der Waals surface area (Å²) < 4.78 is 10.5. The predicted octanol–water partition coefficient (Wildman–Crippen LogP) is 3.42. The highest BCUT2D eigenvalue weighted by atomic mass is 32.1. The summed E-state index contributed by atoms with van der Waals surface area (Å²) in [6.07, 6.45) is 1.71. The quantitative estimate of drug-likeness (QED) is 0.907. The molecule has 21 heavy (non-hydrogen) atoms. The molecule has 1 aromatic carbocycles. The Balaban J connectivity index is 2.14. The van der Waals surface area contributed by atoms with Crippen LogP contribution >= 0.6 is 11.3 Å². The first-order chi connectivity index (χ1) is 10.0. The number of amides is 2. The molecule has 0 saturated carbocycles. The van der Waals surface area contributed by atoms with Crippen LogP contribution in [0.2, 0.25) is 0 Å². The first-order valence-electron chi connectivity index (χ1n) is 6.26. The van der Waals surface area contributed by atoms with E-state index in [0.29, 0.717) is 22.3 Å². The number of methoxy groups -OCH3 is 2. The molecule has 0 aliphatic rings. The summed E-state index contributed by atoms with van der Waals surface area (Å²) in [6, 6.07) is 3.16. The normalized spacial score (nSPS) is 10.1. The van der Waals surface area contributed by atoms with Gasteiger partial charge in [-0.25, -0.2) is 9.78 Å². The minimum absolute atomic E-state index is 0.368. The number of aryl methyl sites for hydroxylation is 2. The molecule has 7 heteroatoms. The highest BCUT2D eigenvalue weighted by Gasteiger charge is 2.12. The topological polar surface area (TPSA) is 72.5 Å². The maximum Gasteiger partial charge on any atom is 0.325 e. The average molecular weight is 307 g/mol. The van der Waals surface area contributed by atoms with Crippen molar-refractivity contribution in [3.8, 4) is 11.5 Å². The van der Waals surface area contributed by atoms with Gasteiger partial charge in [0.1, 0.15) is 11.5 Å². The van der Waals surface area contributed by atoms with Gasteiger partial charge in [0.05, 0.1) is 19.9 Å². The van der Waals surface area contributed by atoms with Crippen molar-refractivity contribution in [1.82, 2.24) is 4.98 Å². The van der Waals surface area contributed by atoms with E-state index in [1.54, 1.807) is 25.4 Å². The summed E-state index contributed by atoms with van der Waals surface area (Å²) in [6.45, 7) is 3.82.